The fraction of sp³-hybridized carbons (Fsp3) is 0.765. The number of nitrogens with one attached hydrogen (secondary N) is 1. The highest BCUT2D eigenvalue weighted by molar-refractivity contribution is 14.1. The van der Waals surface area contributed by atoms with Gasteiger partial charge in [0.25, 0.3) is 5.56 Å². The summed E-state index contributed by atoms with van der Waals surface area (Å²) in [6.45, 7) is 12.8. The molecule has 1 fully saturated rings. The Hall–Kier alpha value is -0.453. The Morgan fingerprint density at radius 1 is 1.40 bits per heavy atom. The molecule has 1 aliphatic heterocycles. The van der Waals surface area contributed by atoms with Crippen molar-refractivity contribution in [2.75, 3.05) is 4.43 Å². The highest BCUT2D eigenvalue weighted by atomic mass is 127. The van der Waals surface area contributed by atoms with Gasteiger partial charge >= 0.3 is 5.69 Å². The van der Waals surface area contributed by atoms with Gasteiger partial charge in [-0.2, -0.15) is 0 Å². The van der Waals surface area contributed by atoms with Crippen LogP contribution in [0.4, 0.5) is 0 Å². The van der Waals surface area contributed by atoms with Gasteiger partial charge in [-0.3, -0.25) is 14.3 Å². The summed E-state index contributed by atoms with van der Waals surface area (Å²) in [5, 5.41) is 0.116. The third-order valence-electron chi connectivity index (χ3n) is 5.28. The summed E-state index contributed by atoms with van der Waals surface area (Å²) in [6.07, 6.45) is 2.63. The van der Waals surface area contributed by atoms with Crippen molar-refractivity contribution in [2.45, 2.75) is 77.1 Å². The van der Waals surface area contributed by atoms with Crippen LogP contribution in [0, 0.1) is 6.92 Å². The molecule has 1 aromatic heterocycles. The number of aromatic nitrogens is 2. The molecule has 0 spiro atoms. The van der Waals surface area contributed by atoms with Crippen molar-refractivity contribution in [1.82, 2.24) is 9.55 Å². The van der Waals surface area contributed by atoms with Crippen molar-refractivity contribution >= 4 is 30.9 Å². The van der Waals surface area contributed by atoms with Crippen LogP contribution in [-0.2, 0) is 9.16 Å². The van der Waals surface area contributed by atoms with Gasteiger partial charge in [0.1, 0.15) is 6.23 Å². The molecule has 1 aliphatic rings. The third-order valence-corrected chi connectivity index (χ3v) is 10.4. The molecule has 2 heterocycles. The Balaban J connectivity index is 2.27. The van der Waals surface area contributed by atoms with Crippen molar-refractivity contribution in [1.29, 1.82) is 0 Å². The number of hydrogen-bond acceptors (Lipinski definition) is 4. The van der Waals surface area contributed by atoms with E-state index < -0.39 is 20.2 Å². The lowest BCUT2D eigenvalue weighted by atomic mass is 10.1. The average molecular weight is 480 g/mol. The highest BCUT2D eigenvalue weighted by Crippen LogP contribution is 2.41. The van der Waals surface area contributed by atoms with Crippen molar-refractivity contribution in [3.05, 3.63) is 32.6 Å². The van der Waals surface area contributed by atoms with E-state index in [4.69, 9.17) is 9.16 Å². The molecule has 142 valence electrons. The molecule has 6 nitrogen and oxygen atoms in total. The summed E-state index contributed by atoms with van der Waals surface area (Å²) in [5.41, 5.74) is -0.277. The van der Waals surface area contributed by atoms with E-state index in [-0.39, 0.29) is 22.8 Å². The minimum absolute atomic E-state index is 0.0280. The van der Waals surface area contributed by atoms with Gasteiger partial charge in [-0.25, -0.2) is 4.79 Å². The Kier molecular flexibility index (Phi) is 6.38. The van der Waals surface area contributed by atoms with Crippen LogP contribution in [0.2, 0.25) is 18.1 Å². The third kappa shape index (κ3) is 4.64. The number of alkyl halides is 1. The van der Waals surface area contributed by atoms with Gasteiger partial charge in [-0.15, -0.1) is 0 Å². The molecule has 2 rings (SSSR count). The first-order chi connectivity index (χ1) is 11.5. The van der Waals surface area contributed by atoms with E-state index in [1.807, 2.05) is 0 Å². The normalized spacial score (nSPS) is 24.7. The number of halogens is 1. The lowest BCUT2D eigenvalue weighted by Crippen LogP contribution is -2.46. The van der Waals surface area contributed by atoms with Gasteiger partial charge in [0.15, 0.2) is 8.32 Å². The van der Waals surface area contributed by atoms with Gasteiger partial charge < -0.3 is 9.16 Å². The van der Waals surface area contributed by atoms with Crippen molar-refractivity contribution in [3.8, 4) is 0 Å². The second kappa shape index (κ2) is 7.65. The number of ether oxygens (including phenoxy) is 1. The summed E-state index contributed by atoms with van der Waals surface area (Å²) >= 11 is 2.34. The van der Waals surface area contributed by atoms with Crippen LogP contribution in [0.25, 0.3) is 0 Å². The lowest BCUT2D eigenvalue weighted by molar-refractivity contribution is -0.0189. The summed E-state index contributed by atoms with van der Waals surface area (Å²) in [4.78, 5) is 26.2. The van der Waals surface area contributed by atoms with Crippen LogP contribution < -0.4 is 11.2 Å². The van der Waals surface area contributed by atoms with Gasteiger partial charge in [-0.05, 0) is 31.5 Å². The van der Waals surface area contributed by atoms with Crippen LogP contribution in [0.15, 0.2) is 15.8 Å². The Morgan fingerprint density at radius 2 is 2.04 bits per heavy atom. The summed E-state index contributed by atoms with van der Waals surface area (Å²) < 4.78 is 15.2. The van der Waals surface area contributed by atoms with E-state index in [9.17, 15) is 9.59 Å². The minimum Gasteiger partial charge on any atom is -0.411 e. The molecule has 0 aromatic carbocycles. The van der Waals surface area contributed by atoms with E-state index in [0.717, 1.165) is 10.8 Å². The number of hydrogen-bond donors (Lipinski definition) is 1. The number of aromatic amines is 1. The number of rotatable bonds is 5. The second-order valence-electron chi connectivity index (χ2n) is 8.24. The monoisotopic (exact) mass is 480 g/mol. The van der Waals surface area contributed by atoms with Gasteiger partial charge in [0, 0.05) is 22.6 Å². The minimum atomic E-state index is -1.93. The molecule has 25 heavy (non-hydrogen) atoms. The van der Waals surface area contributed by atoms with E-state index in [1.54, 1.807) is 13.1 Å². The topological polar surface area (TPSA) is 73.3 Å². The van der Waals surface area contributed by atoms with E-state index in [1.165, 1.54) is 4.57 Å². The van der Waals surface area contributed by atoms with Crippen molar-refractivity contribution in [3.63, 3.8) is 0 Å². The lowest BCUT2D eigenvalue weighted by Gasteiger charge is -2.39. The van der Waals surface area contributed by atoms with Crippen LogP contribution in [0.3, 0.4) is 0 Å². The zero-order chi connectivity index (χ0) is 19.0. The van der Waals surface area contributed by atoms with Gasteiger partial charge in [-0.1, -0.05) is 43.4 Å². The molecule has 0 bridgehead atoms. The molecule has 3 atom stereocenters. The SMILES string of the molecule is Cc1cn([C@H]2C[C@H](O[Si](C)(C)C(C)(C)C)[C@@H](CCI)O2)c(=O)[nH]c1=O. The fourth-order valence-corrected chi connectivity index (χ4v) is 4.69. The molecule has 0 saturated carbocycles. The largest absolute Gasteiger partial charge is 0.411 e. The molecule has 1 N–H and O–H groups in total. The van der Waals surface area contributed by atoms with Crippen LogP contribution in [0.1, 0.15) is 45.4 Å². The number of nitrogens with zero attached hydrogens (tertiary/aromatic N) is 1. The predicted molar refractivity (Wildman–Crippen MR) is 110 cm³/mol. The molecular formula is C17H29IN2O4Si. The first-order valence-electron chi connectivity index (χ1n) is 8.67. The molecule has 1 aromatic rings. The number of H-pyrrole nitrogens is 1. The summed E-state index contributed by atoms with van der Waals surface area (Å²) in [5.74, 6) is 0. The summed E-state index contributed by atoms with van der Waals surface area (Å²) in [7, 11) is -1.93. The standard InChI is InChI=1S/C17H29IN2O4Si/c1-11-10-20(16(22)19-15(11)21)14-9-13(12(23-14)7-8-18)24-25(5,6)17(2,3)4/h10,12-14H,7-9H2,1-6H3,(H,19,21,22)/t12-,13+,14-/m1/s1. The Labute approximate surface area is 163 Å². The van der Waals surface area contributed by atoms with Crippen LogP contribution in [0.5, 0.6) is 0 Å². The maximum Gasteiger partial charge on any atom is 0.330 e. The molecule has 0 radical (unpaired) electrons. The number of aryl methyl sites for hydroxylation is 1. The summed E-state index contributed by atoms with van der Waals surface area (Å²) in [6, 6.07) is 0. The van der Waals surface area contributed by atoms with E-state index >= 15 is 0 Å². The van der Waals surface area contributed by atoms with Crippen LogP contribution in [-0.4, -0.2) is 34.5 Å². The quantitative estimate of drug-likeness (QED) is 0.399. The van der Waals surface area contributed by atoms with Gasteiger partial charge in [0.2, 0.25) is 0 Å². The molecule has 0 unspecified atom stereocenters. The molecule has 1 saturated heterocycles. The van der Waals surface area contributed by atoms with Crippen molar-refractivity contribution in [2.24, 2.45) is 0 Å². The average Bonchev–Trinajstić information content (AvgIpc) is 2.84. The zero-order valence-electron chi connectivity index (χ0n) is 15.9. The Morgan fingerprint density at radius 3 is 2.60 bits per heavy atom. The molecule has 0 aliphatic carbocycles. The fourth-order valence-electron chi connectivity index (χ4n) is 2.72. The first-order valence-corrected chi connectivity index (χ1v) is 13.1. The molecule has 8 heteroatoms. The van der Waals surface area contributed by atoms with E-state index in [2.05, 4.69) is 61.4 Å². The Bertz CT molecular complexity index is 723. The maximum absolute atomic E-state index is 12.2. The maximum atomic E-state index is 12.2. The molecular weight excluding hydrogens is 451 g/mol. The molecule has 0 amide bonds. The van der Waals surface area contributed by atoms with Gasteiger partial charge in [0.05, 0.1) is 12.2 Å². The van der Waals surface area contributed by atoms with Crippen LogP contribution >= 0.6 is 22.6 Å². The highest BCUT2D eigenvalue weighted by Gasteiger charge is 2.44. The zero-order valence-corrected chi connectivity index (χ0v) is 19.0. The van der Waals surface area contributed by atoms with Crippen molar-refractivity contribution < 1.29 is 9.16 Å². The van der Waals surface area contributed by atoms with E-state index in [0.29, 0.717) is 12.0 Å². The second-order valence-corrected chi connectivity index (χ2v) is 14.1. The predicted octanol–water partition coefficient (Wildman–Crippen LogP) is 3.35. The smallest absolute Gasteiger partial charge is 0.330 e. The first kappa shape index (κ1) is 20.9.